The Hall–Kier alpha value is -8.80. The number of hydrogen-bond acceptors (Lipinski definition) is 2. The molecular weight excluding hydrogens is 923 g/mol. The zero-order valence-corrected chi connectivity index (χ0v) is 43.5. The van der Waals surface area contributed by atoms with Crippen molar-refractivity contribution >= 4 is 71.4 Å². The molecular formula is C71H53N5. The molecule has 17 rings (SSSR count). The fourth-order valence-electron chi connectivity index (χ4n) is 15.3. The maximum Gasteiger partial charge on any atom is 0.168 e. The van der Waals surface area contributed by atoms with Gasteiger partial charge in [0.25, 0.3) is 0 Å². The average Bonchev–Trinajstić information content (AvgIpc) is 4.37. The molecule has 9 aromatic carbocycles. The van der Waals surface area contributed by atoms with Gasteiger partial charge in [-0.05, 0) is 123 Å². The second-order valence-electron chi connectivity index (χ2n) is 23.7. The summed E-state index contributed by atoms with van der Waals surface area (Å²) in [5.74, 6) is 1.94. The molecule has 0 saturated heterocycles. The van der Waals surface area contributed by atoms with Crippen LogP contribution in [0, 0.1) is 0 Å². The third kappa shape index (κ3) is 5.21. The molecule has 13 aromatic rings. The Kier molecular flexibility index (Phi) is 8.01. The number of allylic oxidation sites excluding steroid dienone is 1. The fraction of sp³-hybridized carbons (Fsp3) is 0.155. The van der Waals surface area contributed by atoms with Crippen LogP contribution in [0.5, 0.6) is 0 Å². The van der Waals surface area contributed by atoms with Crippen molar-refractivity contribution < 1.29 is 0 Å². The minimum Gasteiger partial charge on any atom is -0.309 e. The molecule has 0 fully saturated rings. The van der Waals surface area contributed by atoms with Crippen LogP contribution in [-0.2, 0) is 22.7 Å². The molecule has 4 aliphatic carbocycles. The van der Waals surface area contributed by atoms with Crippen LogP contribution in [0.1, 0.15) is 92.1 Å². The highest BCUT2D eigenvalue weighted by molar-refractivity contribution is 6.14. The van der Waals surface area contributed by atoms with E-state index in [2.05, 4.69) is 249 Å². The summed E-state index contributed by atoms with van der Waals surface area (Å²) in [5.41, 5.74) is 24.1. The normalized spacial score (nSPS) is 17.0. The number of aromatic nitrogens is 5. The van der Waals surface area contributed by atoms with Gasteiger partial charge >= 0.3 is 0 Å². The quantitative estimate of drug-likeness (QED) is 0.177. The average molecular weight is 976 g/mol. The molecule has 4 heterocycles. The first-order valence-corrected chi connectivity index (χ1v) is 27.1. The van der Waals surface area contributed by atoms with Crippen LogP contribution in [-0.4, -0.2) is 23.9 Å². The maximum absolute atomic E-state index is 5.56. The highest BCUT2D eigenvalue weighted by atomic mass is 15.3. The van der Waals surface area contributed by atoms with Gasteiger partial charge in [-0.2, -0.15) is 0 Å². The Bertz CT molecular complexity index is 4830. The van der Waals surface area contributed by atoms with Crippen molar-refractivity contribution in [1.29, 1.82) is 0 Å². The van der Waals surface area contributed by atoms with E-state index in [1.54, 1.807) is 0 Å². The summed E-state index contributed by atoms with van der Waals surface area (Å²) in [6.45, 7) is 14.3. The van der Waals surface area contributed by atoms with Crippen LogP contribution in [0.4, 0.5) is 0 Å². The molecule has 1 unspecified atom stereocenters. The van der Waals surface area contributed by atoms with Gasteiger partial charge < -0.3 is 4.57 Å². The van der Waals surface area contributed by atoms with E-state index in [4.69, 9.17) is 10.2 Å². The minimum absolute atomic E-state index is 0.0700. The van der Waals surface area contributed by atoms with E-state index in [9.17, 15) is 0 Å². The second kappa shape index (κ2) is 14.3. The van der Waals surface area contributed by atoms with Gasteiger partial charge in [0.1, 0.15) is 0 Å². The summed E-state index contributed by atoms with van der Waals surface area (Å²) in [4.78, 5) is 0. The van der Waals surface area contributed by atoms with Gasteiger partial charge in [0.15, 0.2) is 11.6 Å². The molecule has 5 heteroatoms. The molecule has 5 nitrogen and oxygen atoms in total. The SMILES string of the molecule is CC1(C)C2=Cc3c(n(-c4nnc(-n5c6ccccc6c6cc7c(cc65)-c5ccccc5C7(C)C)c5cc(-n6c7ccccc7c7cc8c(cc76)-c6ccccc6C8(C)C)ccc45)c4ccccc34)CC2c2ccccc21. The summed E-state index contributed by atoms with van der Waals surface area (Å²) in [7, 11) is 0. The molecule has 0 radical (unpaired) electrons. The van der Waals surface area contributed by atoms with Crippen molar-refractivity contribution in [3.05, 3.63) is 238 Å². The Morgan fingerprint density at radius 2 is 0.868 bits per heavy atom. The first-order valence-electron chi connectivity index (χ1n) is 27.1. The van der Waals surface area contributed by atoms with Crippen molar-refractivity contribution in [3.8, 4) is 39.6 Å². The van der Waals surface area contributed by atoms with Gasteiger partial charge in [-0.15, -0.1) is 10.2 Å². The summed E-state index contributed by atoms with van der Waals surface area (Å²) in [5, 5.41) is 19.3. The van der Waals surface area contributed by atoms with Crippen molar-refractivity contribution in [3.63, 3.8) is 0 Å². The van der Waals surface area contributed by atoms with Crippen LogP contribution in [0.25, 0.3) is 111 Å². The lowest BCUT2D eigenvalue weighted by Crippen LogP contribution is -2.20. The molecule has 0 amide bonds. The van der Waals surface area contributed by atoms with Gasteiger partial charge in [-0.1, -0.05) is 181 Å². The Balaban J connectivity index is 0.975. The molecule has 0 N–H and O–H groups in total. The molecule has 0 aliphatic heterocycles. The third-order valence-electron chi connectivity index (χ3n) is 19.0. The predicted octanol–water partition coefficient (Wildman–Crippen LogP) is 17.4. The van der Waals surface area contributed by atoms with Crippen molar-refractivity contribution in [2.45, 2.75) is 70.1 Å². The monoisotopic (exact) mass is 975 g/mol. The van der Waals surface area contributed by atoms with Crippen molar-refractivity contribution in [2.24, 2.45) is 0 Å². The standard InChI is InChI=1S/C71H53N5/c1-69(2)55-25-13-7-19-41(55)48-37-64-51(34-58(48)69)44-22-10-16-28-61(44)74(64)40-31-32-47-54(33-40)68(76-63-30-18-12-24-46(63)53-36-60-50(39-66(53)76)43-21-9-15-27-57(43)71(60,5)6)73-72-67(47)75-62-29-17-11-23-45(62)52-35-59-49(38-65(52)75)42-20-8-14-26-56(42)70(59,3)4/h7-37,39,49H,38H2,1-6H3. The Morgan fingerprint density at radius 3 is 1.50 bits per heavy atom. The molecule has 0 saturated carbocycles. The van der Waals surface area contributed by atoms with Crippen LogP contribution >= 0.6 is 0 Å². The number of benzene rings is 9. The third-order valence-corrected chi connectivity index (χ3v) is 19.0. The lowest BCUT2D eigenvalue weighted by Gasteiger charge is -2.28. The molecule has 4 aromatic heterocycles. The number of fused-ring (bicyclic) bond motifs is 19. The predicted molar refractivity (Wildman–Crippen MR) is 314 cm³/mol. The Labute approximate surface area is 441 Å². The molecule has 0 spiro atoms. The minimum atomic E-state index is -0.141. The lowest BCUT2D eigenvalue weighted by atomic mass is 9.76. The summed E-state index contributed by atoms with van der Waals surface area (Å²) in [6, 6.07) is 70.8. The molecule has 4 aliphatic rings. The van der Waals surface area contributed by atoms with Gasteiger partial charge in [-0.25, -0.2) is 0 Å². The van der Waals surface area contributed by atoms with E-state index in [-0.39, 0.29) is 22.2 Å². The van der Waals surface area contributed by atoms with E-state index in [0.29, 0.717) is 0 Å². The molecule has 0 bridgehead atoms. The van der Waals surface area contributed by atoms with Gasteiger partial charge in [0, 0.05) is 76.8 Å². The van der Waals surface area contributed by atoms with Crippen LogP contribution in [0.15, 0.2) is 194 Å². The van der Waals surface area contributed by atoms with E-state index in [0.717, 1.165) is 51.1 Å². The van der Waals surface area contributed by atoms with Gasteiger partial charge in [0.2, 0.25) is 0 Å². The first kappa shape index (κ1) is 42.5. The highest BCUT2D eigenvalue weighted by Crippen LogP contribution is 2.57. The Morgan fingerprint density at radius 1 is 0.368 bits per heavy atom. The smallest absolute Gasteiger partial charge is 0.168 e. The van der Waals surface area contributed by atoms with Gasteiger partial charge in [0.05, 0.1) is 27.6 Å². The zero-order chi connectivity index (χ0) is 50.7. The number of nitrogens with zero attached hydrogens (tertiary/aromatic N) is 5. The zero-order valence-electron chi connectivity index (χ0n) is 43.5. The van der Waals surface area contributed by atoms with Crippen LogP contribution < -0.4 is 0 Å². The van der Waals surface area contributed by atoms with Gasteiger partial charge in [-0.3, -0.25) is 9.13 Å². The summed E-state index contributed by atoms with van der Waals surface area (Å²) in [6.07, 6.45) is 3.40. The topological polar surface area (TPSA) is 40.6 Å². The molecule has 1 atom stereocenters. The first-order chi connectivity index (χ1) is 37.0. The summed E-state index contributed by atoms with van der Waals surface area (Å²) >= 11 is 0. The lowest BCUT2D eigenvalue weighted by molar-refractivity contribution is 0.609. The number of hydrogen-bond donors (Lipinski definition) is 0. The number of para-hydroxylation sites is 3. The largest absolute Gasteiger partial charge is 0.309 e. The van der Waals surface area contributed by atoms with E-state index in [1.165, 1.54) is 110 Å². The molecule has 76 heavy (non-hydrogen) atoms. The van der Waals surface area contributed by atoms with Crippen LogP contribution in [0.2, 0.25) is 0 Å². The summed E-state index contributed by atoms with van der Waals surface area (Å²) < 4.78 is 7.37. The maximum atomic E-state index is 5.56. The van der Waals surface area contributed by atoms with E-state index >= 15 is 0 Å². The van der Waals surface area contributed by atoms with E-state index < -0.39 is 0 Å². The van der Waals surface area contributed by atoms with E-state index in [1.807, 2.05) is 0 Å². The second-order valence-corrected chi connectivity index (χ2v) is 23.7. The number of rotatable bonds is 3. The van der Waals surface area contributed by atoms with Crippen LogP contribution in [0.3, 0.4) is 0 Å². The molecule has 362 valence electrons. The fourth-order valence-corrected chi connectivity index (χ4v) is 15.3. The van der Waals surface area contributed by atoms with Crippen molar-refractivity contribution in [2.75, 3.05) is 0 Å². The highest BCUT2D eigenvalue weighted by Gasteiger charge is 2.45. The van der Waals surface area contributed by atoms with Crippen molar-refractivity contribution in [1.82, 2.24) is 23.9 Å².